The fourth-order valence-corrected chi connectivity index (χ4v) is 2.65. The van der Waals surface area contributed by atoms with Crippen molar-refractivity contribution in [2.75, 3.05) is 25.9 Å². The number of nitrogens with zero attached hydrogens (tertiary/aromatic N) is 1. The van der Waals surface area contributed by atoms with Crippen molar-refractivity contribution >= 4 is 11.6 Å². The van der Waals surface area contributed by atoms with Crippen molar-refractivity contribution < 1.29 is 9.53 Å². The Balaban J connectivity index is 2.21. The Morgan fingerprint density at radius 2 is 2.32 bits per heavy atom. The molecular weight excluding hydrogens is 240 g/mol. The van der Waals surface area contributed by atoms with Gasteiger partial charge >= 0.3 is 0 Å². The van der Waals surface area contributed by atoms with Crippen LogP contribution in [0.25, 0.3) is 0 Å². The molecule has 1 aliphatic rings. The Morgan fingerprint density at radius 3 is 3.00 bits per heavy atom. The lowest BCUT2D eigenvalue weighted by Crippen LogP contribution is -2.39. The number of rotatable bonds is 3. The molecule has 0 aromatic heterocycles. The van der Waals surface area contributed by atoms with Crippen molar-refractivity contribution in [3.05, 3.63) is 23.8 Å². The van der Waals surface area contributed by atoms with Gasteiger partial charge in [-0.15, -0.1) is 0 Å². The zero-order chi connectivity index (χ0) is 13.8. The van der Waals surface area contributed by atoms with Gasteiger partial charge in [0.25, 0.3) is 5.91 Å². The Labute approximate surface area is 114 Å². The van der Waals surface area contributed by atoms with Crippen LogP contribution in [0.15, 0.2) is 18.2 Å². The lowest BCUT2D eigenvalue weighted by Gasteiger charge is -2.32. The molecule has 1 aromatic carbocycles. The second kappa shape index (κ2) is 5.95. The lowest BCUT2D eigenvalue weighted by molar-refractivity contribution is 0.0668. The molecule has 2 N–H and O–H groups in total. The zero-order valence-electron chi connectivity index (χ0n) is 11.7. The van der Waals surface area contributed by atoms with Gasteiger partial charge in [0, 0.05) is 18.8 Å². The molecule has 1 aliphatic heterocycles. The van der Waals surface area contributed by atoms with Crippen molar-refractivity contribution in [1.29, 1.82) is 0 Å². The molecule has 4 heteroatoms. The molecule has 1 aromatic rings. The van der Waals surface area contributed by atoms with E-state index < -0.39 is 0 Å². The standard InChI is InChI=1S/C15H22N2O2/c1-3-11-5-4-8-17(10-11)15(18)13-9-12(16)6-7-14(13)19-2/h6-7,9,11H,3-5,8,10,16H2,1-2H3. The summed E-state index contributed by atoms with van der Waals surface area (Å²) < 4.78 is 5.26. The summed E-state index contributed by atoms with van der Waals surface area (Å²) in [4.78, 5) is 14.5. The van der Waals surface area contributed by atoms with E-state index in [-0.39, 0.29) is 5.91 Å². The number of benzene rings is 1. The summed E-state index contributed by atoms with van der Waals surface area (Å²) in [6.07, 6.45) is 3.42. The molecule has 1 heterocycles. The van der Waals surface area contributed by atoms with E-state index in [1.807, 2.05) is 4.90 Å². The van der Waals surface area contributed by atoms with Gasteiger partial charge in [0.15, 0.2) is 0 Å². The number of amides is 1. The van der Waals surface area contributed by atoms with Crippen LogP contribution in [-0.2, 0) is 0 Å². The fraction of sp³-hybridized carbons (Fsp3) is 0.533. The van der Waals surface area contributed by atoms with E-state index in [1.54, 1.807) is 25.3 Å². The van der Waals surface area contributed by atoms with Gasteiger partial charge in [0.2, 0.25) is 0 Å². The molecule has 0 radical (unpaired) electrons. The third kappa shape index (κ3) is 3.00. The lowest BCUT2D eigenvalue weighted by atomic mass is 9.95. The Hall–Kier alpha value is -1.71. The van der Waals surface area contributed by atoms with Crippen LogP contribution in [0.2, 0.25) is 0 Å². The minimum atomic E-state index is 0.0299. The zero-order valence-corrected chi connectivity index (χ0v) is 11.7. The third-order valence-electron chi connectivity index (χ3n) is 3.84. The van der Waals surface area contributed by atoms with Crippen LogP contribution in [0.4, 0.5) is 5.69 Å². The highest BCUT2D eigenvalue weighted by molar-refractivity contribution is 5.97. The van der Waals surface area contributed by atoms with E-state index in [2.05, 4.69) is 6.92 Å². The Morgan fingerprint density at radius 1 is 1.53 bits per heavy atom. The molecule has 1 saturated heterocycles. The van der Waals surface area contributed by atoms with Crippen LogP contribution in [0, 0.1) is 5.92 Å². The number of hydrogen-bond acceptors (Lipinski definition) is 3. The number of nitrogens with two attached hydrogens (primary N) is 1. The molecule has 0 spiro atoms. The maximum Gasteiger partial charge on any atom is 0.257 e. The van der Waals surface area contributed by atoms with E-state index in [4.69, 9.17) is 10.5 Å². The first-order valence-corrected chi connectivity index (χ1v) is 6.88. The number of piperidine rings is 1. The molecule has 1 atom stereocenters. The highest BCUT2D eigenvalue weighted by Crippen LogP contribution is 2.26. The molecule has 104 valence electrons. The normalized spacial score (nSPS) is 19.3. The highest BCUT2D eigenvalue weighted by atomic mass is 16.5. The van der Waals surface area contributed by atoms with Gasteiger partial charge < -0.3 is 15.4 Å². The van der Waals surface area contributed by atoms with E-state index in [0.29, 0.717) is 22.9 Å². The topological polar surface area (TPSA) is 55.6 Å². The Bertz CT molecular complexity index is 459. The van der Waals surface area contributed by atoms with E-state index in [0.717, 1.165) is 25.9 Å². The first-order chi connectivity index (χ1) is 9.15. The van der Waals surface area contributed by atoms with Gasteiger partial charge in [-0.25, -0.2) is 0 Å². The monoisotopic (exact) mass is 262 g/mol. The maximum atomic E-state index is 12.6. The third-order valence-corrected chi connectivity index (χ3v) is 3.84. The van der Waals surface area contributed by atoms with Gasteiger partial charge in [0.1, 0.15) is 5.75 Å². The first kappa shape index (κ1) is 13.7. The number of nitrogen functional groups attached to an aromatic ring is 1. The average Bonchev–Trinajstić information content (AvgIpc) is 2.46. The summed E-state index contributed by atoms with van der Waals surface area (Å²) >= 11 is 0. The second-order valence-electron chi connectivity index (χ2n) is 5.13. The SMILES string of the molecule is CCC1CCCN(C(=O)c2cc(N)ccc2OC)C1. The number of methoxy groups -OCH3 is 1. The highest BCUT2D eigenvalue weighted by Gasteiger charge is 2.25. The Kier molecular flexibility index (Phi) is 4.30. The number of ether oxygens (including phenoxy) is 1. The summed E-state index contributed by atoms with van der Waals surface area (Å²) in [7, 11) is 1.58. The van der Waals surface area contributed by atoms with Gasteiger partial charge in [-0.05, 0) is 37.0 Å². The summed E-state index contributed by atoms with van der Waals surface area (Å²) in [5.74, 6) is 1.24. The molecule has 1 unspecified atom stereocenters. The molecule has 0 aliphatic carbocycles. The number of carbonyl (C=O) groups excluding carboxylic acids is 1. The van der Waals surface area contributed by atoms with Gasteiger partial charge in [-0.1, -0.05) is 13.3 Å². The van der Waals surface area contributed by atoms with Crippen molar-refractivity contribution in [2.24, 2.45) is 5.92 Å². The quantitative estimate of drug-likeness (QED) is 0.852. The molecular formula is C15H22N2O2. The van der Waals surface area contributed by atoms with Crippen molar-refractivity contribution in [2.45, 2.75) is 26.2 Å². The summed E-state index contributed by atoms with van der Waals surface area (Å²) in [6, 6.07) is 5.21. The average molecular weight is 262 g/mol. The van der Waals surface area contributed by atoms with E-state index in [9.17, 15) is 4.79 Å². The summed E-state index contributed by atoms with van der Waals surface area (Å²) in [5, 5.41) is 0. The van der Waals surface area contributed by atoms with Crippen LogP contribution < -0.4 is 10.5 Å². The molecule has 19 heavy (non-hydrogen) atoms. The van der Waals surface area contributed by atoms with Crippen molar-refractivity contribution in [3.8, 4) is 5.75 Å². The van der Waals surface area contributed by atoms with Gasteiger partial charge in [-0.3, -0.25) is 4.79 Å². The molecule has 0 saturated carbocycles. The van der Waals surface area contributed by atoms with Gasteiger partial charge in [0.05, 0.1) is 12.7 Å². The summed E-state index contributed by atoms with van der Waals surface area (Å²) in [5.41, 5.74) is 6.94. The number of likely N-dealkylation sites (tertiary alicyclic amines) is 1. The second-order valence-corrected chi connectivity index (χ2v) is 5.13. The number of anilines is 1. The number of hydrogen-bond donors (Lipinski definition) is 1. The van der Waals surface area contributed by atoms with Crippen LogP contribution >= 0.6 is 0 Å². The number of carbonyl (C=O) groups is 1. The van der Waals surface area contributed by atoms with Crippen LogP contribution in [0.5, 0.6) is 5.75 Å². The molecule has 1 fully saturated rings. The first-order valence-electron chi connectivity index (χ1n) is 6.88. The molecule has 2 rings (SSSR count). The maximum absolute atomic E-state index is 12.6. The predicted octanol–water partition coefficient (Wildman–Crippen LogP) is 2.54. The van der Waals surface area contributed by atoms with Crippen molar-refractivity contribution in [1.82, 2.24) is 4.90 Å². The van der Waals surface area contributed by atoms with Gasteiger partial charge in [-0.2, -0.15) is 0 Å². The largest absolute Gasteiger partial charge is 0.496 e. The summed E-state index contributed by atoms with van der Waals surface area (Å²) in [6.45, 7) is 3.85. The smallest absolute Gasteiger partial charge is 0.257 e. The van der Waals surface area contributed by atoms with Crippen LogP contribution in [-0.4, -0.2) is 31.0 Å². The molecule has 0 bridgehead atoms. The van der Waals surface area contributed by atoms with Crippen molar-refractivity contribution in [3.63, 3.8) is 0 Å². The van der Waals surface area contributed by atoms with Crippen LogP contribution in [0.1, 0.15) is 36.5 Å². The van der Waals surface area contributed by atoms with Crippen LogP contribution in [0.3, 0.4) is 0 Å². The molecule has 1 amide bonds. The molecule has 4 nitrogen and oxygen atoms in total. The van der Waals surface area contributed by atoms with E-state index >= 15 is 0 Å². The fourth-order valence-electron chi connectivity index (χ4n) is 2.65. The predicted molar refractivity (Wildman–Crippen MR) is 76.3 cm³/mol. The minimum Gasteiger partial charge on any atom is -0.496 e. The minimum absolute atomic E-state index is 0.0299. The van der Waals surface area contributed by atoms with E-state index in [1.165, 1.54) is 6.42 Å².